The molecule has 0 saturated carbocycles. The smallest absolute Gasteiger partial charge is 0.259 e. The van der Waals surface area contributed by atoms with Gasteiger partial charge in [0.25, 0.3) is 5.24 Å². The van der Waals surface area contributed by atoms with E-state index in [1.54, 1.807) is 30.4 Å². The van der Waals surface area contributed by atoms with Crippen LogP contribution in [0, 0.1) is 0 Å². The highest BCUT2D eigenvalue weighted by Crippen LogP contribution is 2.32. The monoisotopic (exact) mass is 265 g/mol. The molecule has 0 aliphatic carbocycles. The molecule has 17 heavy (non-hydrogen) atoms. The van der Waals surface area contributed by atoms with E-state index in [1.807, 2.05) is 18.2 Å². The molecule has 1 rings (SSSR count). The Balaban J connectivity index is 2.92. The number of allylic oxidation sites excluding steroid dienone is 5. The van der Waals surface area contributed by atoms with Gasteiger partial charge in [-0.05, 0) is 29.8 Å². The van der Waals surface area contributed by atoms with Gasteiger partial charge in [-0.1, -0.05) is 48.7 Å². The minimum Gasteiger partial charge on any atom is -0.398 e. The maximum absolute atomic E-state index is 11.2. The number of benzene rings is 1. The Labute approximate surface area is 110 Å². The summed E-state index contributed by atoms with van der Waals surface area (Å²) in [6.07, 6.45) is 6.67. The van der Waals surface area contributed by atoms with Gasteiger partial charge in [0.05, 0.1) is 4.91 Å². The fraction of sp³-hybridized carbons (Fsp3) is 0. The van der Waals surface area contributed by atoms with E-state index in [1.165, 1.54) is 11.8 Å². The molecular weight excluding hydrogens is 254 g/mol. The first kappa shape index (κ1) is 13.6. The van der Waals surface area contributed by atoms with Gasteiger partial charge >= 0.3 is 0 Å². The molecule has 0 atom stereocenters. The second-order valence-corrected chi connectivity index (χ2v) is 4.49. The van der Waals surface area contributed by atoms with Gasteiger partial charge in [-0.15, -0.1) is 0 Å². The van der Waals surface area contributed by atoms with Crippen molar-refractivity contribution in [3.8, 4) is 0 Å². The zero-order valence-corrected chi connectivity index (χ0v) is 10.7. The van der Waals surface area contributed by atoms with E-state index in [-0.39, 0.29) is 0 Å². The van der Waals surface area contributed by atoms with Crippen molar-refractivity contribution in [1.82, 2.24) is 0 Å². The van der Waals surface area contributed by atoms with Crippen molar-refractivity contribution in [2.45, 2.75) is 4.90 Å². The molecule has 0 aliphatic rings. The van der Waals surface area contributed by atoms with Crippen molar-refractivity contribution in [3.63, 3.8) is 0 Å². The molecule has 1 aromatic rings. The number of hydrogen-bond donors (Lipinski definition) is 1. The van der Waals surface area contributed by atoms with Gasteiger partial charge in [0.1, 0.15) is 0 Å². The number of carbonyl (C=O) groups is 1. The number of nitrogen functional groups attached to an aromatic ring is 1. The van der Waals surface area contributed by atoms with Crippen LogP contribution in [0.5, 0.6) is 0 Å². The van der Waals surface area contributed by atoms with Crippen molar-refractivity contribution in [3.05, 3.63) is 60.1 Å². The lowest BCUT2D eigenvalue weighted by atomic mass is 10.3. The summed E-state index contributed by atoms with van der Waals surface area (Å²) in [5, 5.41) is -0.507. The summed E-state index contributed by atoms with van der Waals surface area (Å²) in [4.78, 5) is 12.5. The minimum atomic E-state index is -0.507. The Morgan fingerprint density at radius 3 is 2.65 bits per heavy atom. The average Bonchev–Trinajstić information content (AvgIpc) is 2.30. The van der Waals surface area contributed by atoms with E-state index in [0.717, 1.165) is 4.90 Å². The van der Waals surface area contributed by atoms with Crippen molar-refractivity contribution in [1.29, 1.82) is 0 Å². The summed E-state index contributed by atoms with van der Waals surface area (Å²) >= 11 is 6.74. The van der Waals surface area contributed by atoms with Crippen LogP contribution in [0.2, 0.25) is 0 Å². The molecule has 0 heterocycles. The van der Waals surface area contributed by atoms with Gasteiger partial charge in [0.15, 0.2) is 0 Å². The molecule has 2 N–H and O–H groups in total. The third-order valence-electron chi connectivity index (χ3n) is 1.83. The van der Waals surface area contributed by atoms with Crippen LogP contribution in [0.15, 0.2) is 64.9 Å². The van der Waals surface area contributed by atoms with E-state index in [0.29, 0.717) is 10.6 Å². The number of para-hydroxylation sites is 1. The molecule has 0 radical (unpaired) electrons. The van der Waals surface area contributed by atoms with Crippen LogP contribution in [0.1, 0.15) is 0 Å². The number of thioether (sulfide) groups is 1. The van der Waals surface area contributed by atoms with E-state index >= 15 is 0 Å². The van der Waals surface area contributed by atoms with Crippen LogP contribution < -0.4 is 5.73 Å². The number of halogens is 1. The summed E-state index contributed by atoms with van der Waals surface area (Å²) in [7, 11) is 0. The second kappa shape index (κ2) is 6.99. The van der Waals surface area contributed by atoms with Crippen molar-refractivity contribution in [2.24, 2.45) is 0 Å². The van der Waals surface area contributed by atoms with Gasteiger partial charge in [0, 0.05) is 10.6 Å². The Kier molecular flexibility index (Phi) is 5.60. The normalized spacial score (nSPS) is 11.7. The van der Waals surface area contributed by atoms with Crippen LogP contribution >= 0.6 is 23.4 Å². The lowest BCUT2D eigenvalue weighted by Gasteiger charge is -2.04. The summed E-state index contributed by atoms with van der Waals surface area (Å²) in [6, 6.07) is 7.31. The summed E-state index contributed by atoms with van der Waals surface area (Å²) in [6.45, 7) is 3.54. The van der Waals surface area contributed by atoms with Gasteiger partial charge in [0.2, 0.25) is 0 Å². The molecule has 2 nitrogen and oxygen atoms in total. The zero-order chi connectivity index (χ0) is 12.7. The number of rotatable bonds is 5. The van der Waals surface area contributed by atoms with Crippen molar-refractivity contribution >= 4 is 34.3 Å². The summed E-state index contributed by atoms with van der Waals surface area (Å²) in [5.41, 5.74) is 6.41. The molecular formula is C13H12ClNOS. The van der Waals surface area contributed by atoms with Crippen LogP contribution in [0.4, 0.5) is 5.69 Å². The molecule has 0 bridgehead atoms. The molecule has 4 heteroatoms. The highest BCUT2D eigenvalue weighted by atomic mass is 35.5. The SMILES string of the molecule is C=C/C=C\C=C(\Sc1ccccc1N)C(=O)Cl. The number of hydrogen-bond acceptors (Lipinski definition) is 3. The summed E-state index contributed by atoms with van der Waals surface area (Å²) in [5.74, 6) is 0. The Morgan fingerprint density at radius 2 is 2.06 bits per heavy atom. The highest BCUT2D eigenvalue weighted by molar-refractivity contribution is 8.04. The predicted octanol–water partition coefficient (Wildman–Crippen LogP) is 3.75. The highest BCUT2D eigenvalue weighted by Gasteiger charge is 2.09. The van der Waals surface area contributed by atoms with Gasteiger partial charge < -0.3 is 5.73 Å². The minimum absolute atomic E-state index is 0.419. The molecule has 1 aromatic carbocycles. The lowest BCUT2D eigenvalue weighted by Crippen LogP contribution is -1.92. The second-order valence-electron chi connectivity index (χ2n) is 3.07. The standard InChI is InChI=1S/C13H12ClNOS/c1-2-3-4-9-12(13(14)16)17-11-8-6-5-7-10(11)15/h2-9H,1,15H2/b4-3-,12-9+. The third-order valence-corrected chi connectivity index (χ3v) is 3.28. The van der Waals surface area contributed by atoms with Gasteiger partial charge in [-0.25, -0.2) is 0 Å². The maximum Gasteiger partial charge on any atom is 0.259 e. The van der Waals surface area contributed by atoms with Crippen molar-refractivity contribution < 1.29 is 4.79 Å². The zero-order valence-electron chi connectivity index (χ0n) is 9.10. The Bertz CT molecular complexity index is 480. The van der Waals surface area contributed by atoms with Crippen LogP contribution in [0.25, 0.3) is 0 Å². The van der Waals surface area contributed by atoms with Crippen molar-refractivity contribution in [2.75, 3.05) is 5.73 Å². The first-order valence-electron chi connectivity index (χ1n) is 4.86. The fourth-order valence-corrected chi connectivity index (χ4v) is 2.03. The van der Waals surface area contributed by atoms with E-state index < -0.39 is 5.24 Å². The first-order valence-corrected chi connectivity index (χ1v) is 6.06. The fourth-order valence-electron chi connectivity index (χ4n) is 1.05. The lowest BCUT2D eigenvalue weighted by molar-refractivity contribution is -0.107. The largest absolute Gasteiger partial charge is 0.398 e. The van der Waals surface area contributed by atoms with Gasteiger partial charge in [-0.2, -0.15) is 0 Å². The molecule has 0 unspecified atom stereocenters. The van der Waals surface area contributed by atoms with E-state index in [4.69, 9.17) is 17.3 Å². The molecule has 0 aromatic heterocycles. The number of anilines is 1. The Hall–Kier alpha value is -1.45. The molecule has 0 fully saturated rings. The molecule has 0 spiro atoms. The first-order chi connectivity index (χ1) is 8.15. The van der Waals surface area contributed by atoms with Gasteiger partial charge in [-0.3, -0.25) is 4.79 Å². The molecule has 0 saturated heterocycles. The summed E-state index contributed by atoms with van der Waals surface area (Å²) < 4.78 is 0. The average molecular weight is 266 g/mol. The van der Waals surface area contributed by atoms with Crippen LogP contribution in [-0.4, -0.2) is 5.24 Å². The molecule has 0 amide bonds. The third kappa shape index (κ3) is 4.51. The quantitative estimate of drug-likeness (QED) is 0.290. The molecule has 88 valence electrons. The predicted molar refractivity (Wildman–Crippen MR) is 75.0 cm³/mol. The van der Waals surface area contributed by atoms with E-state index in [2.05, 4.69) is 6.58 Å². The Morgan fingerprint density at radius 1 is 1.35 bits per heavy atom. The number of carbonyl (C=O) groups excluding carboxylic acids is 1. The van der Waals surface area contributed by atoms with E-state index in [9.17, 15) is 4.79 Å². The van der Waals surface area contributed by atoms with Crippen LogP contribution in [-0.2, 0) is 4.79 Å². The molecule has 0 aliphatic heterocycles. The van der Waals surface area contributed by atoms with Crippen LogP contribution in [0.3, 0.4) is 0 Å². The maximum atomic E-state index is 11.2. The number of nitrogens with two attached hydrogens (primary N) is 1. The topological polar surface area (TPSA) is 43.1 Å².